The molecule has 1 aromatic carbocycles. The van der Waals surface area contributed by atoms with Gasteiger partial charge in [0.1, 0.15) is 0 Å². The number of hydrogen-bond donors (Lipinski definition) is 1. The van der Waals surface area contributed by atoms with Gasteiger partial charge in [-0.2, -0.15) is 10.1 Å². The number of hydrogen-bond acceptors (Lipinski definition) is 5. The molecule has 4 rings (SSSR count). The standard InChI is InChI=1S/C17H17N5O2/c1-10-3-5-13(6-4-10)22-9-12(8-15(22)23)16-18-17(24-21-16)14-7-11(2)19-20-14/h3-7,12H,8-9H2,1-2H3,(H,19,20)/t12-/m1/s1. The summed E-state index contributed by atoms with van der Waals surface area (Å²) in [5.41, 5.74) is 3.61. The van der Waals surface area contributed by atoms with Crippen LogP contribution in [0.25, 0.3) is 11.6 Å². The van der Waals surface area contributed by atoms with Crippen molar-refractivity contribution < 1.29 is 9.32 Å². The van der Waals surface area contributed by atoms with E-state index in [-0.39, 0.29) is 11.8 Å². The summed E-state index contributed by atoms with van der Waals surface area (Å²) in [4.78, 5) is 18.5. The zero-order chi connectivity index (χ0) is 16.7. The van der Waals surface area contributed by atoms with Gasteiger partial charge in [-0.1, -0.05) is 22.9 Å². The number of benzene rings is 1. The molecule has 122 valence electrons. The highest BCUT2D eigenvalue weighted by molar-refractivity contribution is 5.96. The van der Waals surface area contributed by atoms with Gasteiger partial charge in [-0.25, -0.2) is 0 Å². The molecule has 1 fully saturated rings. The number of anilines is 1. The fourth-order valence-corrected chi connectivity index (χ4v) is 2.89. The van der Waals surface area contributed by atoms with Gasteiger partial charge in [0.15, 0.2) is 11.5 Å². The predicted octanol–water partition coefficient (Wildman–Crippen LogP) is 2.60. The van der Waals surface area contributed by atoms with Crippen molar-refractivity contribution in [2.24, 2.45) is 0 Å². The molecule has 7 heteroatoms. The van der Waals surface area contributed by atoms with Crippen LogP contribution in [0.15, 0.2) is 34.9 Å². The van der Waals surface area contributed by atoms with Gasteiger partial charge in [-0.15, -0.1) is 0 Å². The third-order valence-electron chi connectivity index (χ3n) is 4.20. The lowest BCUT2D eigenvalue weighted by Crippen LogP contribution is -2.24. The third-order valence-corrected chi connectivity index (χ3v) is 4.20. The van der Waals surface area contributed by atoms with Crippen molar-refractivity contribution in [3.63, 3.8) is 0 Å². The Bertz CT molecular complexity index is 881. The van der Waals surface area contributed by atoms with E-state index in [1.54, 1.807) is 4.90 Å². The fourth-order valence-electron chi connectivity index (χ4n) is 2.89. The number of H-pyrrole nitrogens is 1. The number of aromatic nitrogens is 4. The second-order valence-electron chi connectivity index (χ2n) is 6.13. The van der Waals surface area contributed by atoms with Crippen molar-refractivity contribution in [1.82, 2.24) is 20.3 Å². The minimum absolute atomic E-state index is 0.0728. The summed E-state index contributed by atoms with van der Waals surface area (Å²) in [6.07, 6.45) is 0.381. The number of aromatic amines is 1. The molecule has 0 saturated carbocycles. The van der Waals surface area contributed by atoms with Crippen molar-refractivity contribution >= 4 is 11.6 Å². The Morgan fingerprint density at radius 1 is 1.25 bits per heavy atom. The molecule has 1 aliphatic heterocycles. The number of rotatable bonds is 3. The number of nitrogens with one attached hydrogen (secondary N) is 1. The molecule has 1 saturated heterocycles. The highest BCUT2D eigenvalue weighted by Gasteiger charge is 2.34. The Hall–Kier alpha value is -2.96. The van der Waals surface area contributed by atoms with E-state index in [0.29, 0.717) is 30.4 Å². The average Bonchev–Trinajstić information content (AvgIpc) is 3.27. The molecule has 2 aromatic heterocycles. The van der Waals surface area contributed by atoms with Gasteiger partial charge in [-0.05, 0) is 32.0 Å². The first-order chi connectivity index (χ1) is 11.6. The fraction of sp³-hybridized carbons (Fsp3) is 0.294. The van der Waals surface area contributed by atoms with Crippen LogP contribution in [0.1, 0.15) is 29.4 Å². The number of carbonyl (C=O) groups excluding carboxylic acids is 1. The first-order valence-electron chi connectivity index (χ1n) is 7.83. The lowest BCUT2D eigenvalue weighted by atomic mass is 10.1. The normalized spacial score (nSPS) is 17.7. The Morgan fingerprint density at radius 3 is 2.75 bits per heavy atom. The molecule has 1 atom stereocenters. The maximum Gasteiger partial charge on any atom is 0.278 e. The lowest BCUT2D eigenvalue weighted by Gasteiger charge is -2.16. The molecule has 1 N–H and O–H groups in total. The van der Waals surface area contributed by atoms with Gasteiger partial charge in [0, 0.05) is 30.3 Å². The molecule has 24 heavy (non-hydrogen) atoms. The van der Waals surface area contributed by atoms with Crippen LogP contribution in [-0.4, -0.2) is 32.8 Å². The molecule has 0 unspecified atom stereocenters. The SMILES string of the molecule is Cc1ccc(N2C[C@H](c3noc(-c4cc(C)[nH]n4)n3)CC2=O)cc1. The first-order valence-corrected chi connectivity index (χ1v) is 7.83. The molecular formula is C17H17N5O2. The maximum atomic E-state index is 12.3. The molecular weight excluding hydrogens is 306 g/mol. The van der Waals surface area contributed by atoms with Crippen LogP contribution >= 0.6 is 0 Å². The van der Waals surface area contributed by atoms with Gasteiger partial charge in [-0.3, -0.25) is 9.89 Å². The van der Waals surface area contributed by atoms with E-state index in [2.05, 4.69) is 20.3 Å². The molecule has 1 amide bonds. The summed E-state index contributed by atoms with van der Waals surface area (Å²) in [6.45, 7) is 4.49. The predicted molar refractivity (Wildman–Crippen MR) is 87.5 cm³/mol. The van der Waals surface area contributed by atoms with E-state index in [1.165, 1.54) is 5.56 Å². The van der Waals surface area contributed by atoms with E-state index >= 15 is 0 Å². The van der Waals surface area contributed by atoms with Crippen molar-refractivity contribution in [3.8, 4) is 11.6 Å². The van der Waals surface area contributed by atoms with Crippen molar-refractivity contribution in [2.45, 2.75) is 26.2 Å². The van der Waals surface area contributed by atoms with E-state index in [4.69, 9.17) is 4.52 Å². The zero-order valence-electron chi connectivity index (χ0n) is 13.5. The number of carbonyl (C=O) groups is 1. The van der Waals surface area contributed by atoms with Gasteiger partial charge < -0.3 is 9.42 Å². The van der Waals surface area contributed by atoms with Gasteiger partial charge in [0.05, 0.1) is 0 Å². The molecule has 0 aliphatic carbocycles. The smallest absolute Gasteiger partial charge is 0.278 e. The van der Waals surface area contributed by atoms with Crippen LogP contribution < -0.4 is 4.90 Å². The summed E-state index contributed by atoms with van der Waals surface area (Å²) < 4.78 is 5.29. The average molecular weight is 323 g/mol. The highest BCUT2D eigenvalue weighted by atomic mass is 16.5. The molecule has 7 nitrogen and oxygen atoms in total. The highest BCUT2D eigenvalue weighted by Crippen LogP contribution is 2.31. The van der Waals surface area contributed by atoms with Gasteiger partial charge >= 0.3 is 0 Å². The van der Waals surface area contributed by atoms with Crippen LogP contribution in [0.5, 0.6) is 0 Å². The van der Waals surface area contributed by atoms with Crippen LogP contribution in [0.4, 0.5) is 5.69 Å². The molecule has 0 spiro atoms. The Kier molecular flexibility index (Phi) is 3.41. The van der Waals surface area contributed by atoms with Crippen molar-refractivity contribution in [1.29, 1.82) is 0 Å². The topological polar surface area (TPSA) is 87.9 Å². The largest absolute Gasteiger partial charge is 0.332 e. The summed E-state index contributed by atoms with van der Waals surface area (Å²) in [5.74, 6) is 0.923. The Balaban J connectivity index is 1.55. The number of amides is 1. The minimum Gasteiger partial charge on any atom is -0.332 e. The third kappa shape index (κ3) is 2.58. The quantitative estimate of drug-likeness (QED) is 0.800. The van der Waals surface area contributed by atoms with Crippen LogP contribution in [0, 0.1) is 13.8 Å². The second kappa shape index (κ2) is 5.59. The molecule has 0 bridgehead atoms. The maximum absolute atomic E-state index is 12.3. The molecule has 3 aromatic rings. The Morgan fingerprint density at radius 2 is 2.04 bits per heavy atom. The van der Waals surface area contributed by atoms with Crippen molar-refractivity contribution in [2.75, 3.05) is 11.4 Å². The summed E-state index contributed by atoms with van der Waals surface area (Å²) in [5, 5.41) is 11.0. The number of nitrogens with zero attached hydrogens (tertiary/aromatic N) is 4. The van der Waals surface area contributed by atoms with Crippen molar-refractivity contribution in [3.05, 3.63) is 47.4 Å². The van der Waals surface area contributed by atoms with E-state index < -0.39 is 0 Å². The lowest BCUT2D eigenvalue weighted by molar-refractivity contribution is -0.117. The molecule has 1 aliphatic rings. The van der Waals surface area contributed by atoms with E-state index in [9.17, 15) is 4.79 Å². The summed E-state index contributed by atoms with van der Waals surface area (Å²) in [6, 6.07) is 9.77. The molecule has 3 heterocycles. The zero-order valence-corrected chi connectivity index (χ0v) is 13.5. The molecule has 0 radical (unpaired) electrons. The first kappa shape index (κ1) is 14.6. The van der Waals surface area contributed by atoms with Crippen LogP contribution in [-0.2, 0) is 4.79 Å². The summed E-state index contributed by atoms with van der Waals surface area (Å²) >= 11 is 0. The second-order valence-corrected chi connectivity index (χ2v) is 6.13. The van der Waals surface area contributed by atoms with Crippen LogP contribution in [0.2, 0.25) is 0 Å². The van der Waals surface area contributed by atoms with Crippen LogP contribution in [0.3, 0.4) is 0 Å². The summed E-state index contributed by atoms with van der Waals surface area (Å²) in [7, 11) is 0. The Labute approximate surface area is 138 Å². The van der Waals surface area contributed by atoms with E-state index in [0.717, 1.165) is 11.4 Å². The van der Waals surface area contributed by atoms with Gasteiger partial charge in [0.2, 0.25) is 5.91 Å². The van der Waals surface area contributed by atoms with E-state index in [1.807, 2.05) is 44.2 Å². The minimum atomic E-state index is -0.0728. The monoisotopic (exact) mass is 323 g/mol. The van der Waals surface area contributed by atoms with Gasteiger partial charge in [0.25, 0.3) is 5.89 Å². The number of aryl methyl sites for hydroxylation is 2.